The molecule has 0 saturated carbocycles. The lowest BCUT2D eigenvalue weighted by Crippen LogP contribution is -2.18. The number of nitrogens with zero attached hydrogens (tertiary/aromatic N) is 1. The van der Waals surface area contributed by atoms with E-state index < -0.39 is 16.0 Å². The van der Waals surface area contributed by atoms with Crippen molar-refractivity contribution in [2.45, 2.75) is 19.8 Å². The van der Waals surface area contributed by atoms with Crippen LogP contribution in [0.25, 0.3) is 0 Å². The van der Waals surface area contributed by atoms with Crippen molar-refractivity contribution in [2.24, 2.45) is 0 Å². The molecule has 0 radical (unpaired) electrons. The zero-order chi connectivity index (χ0) is 16.0. The van der Waals surface area contributed by atoms with Crippen LogP contribution in [-0.2, 0) is 19.6 Å². The predicted molar refractivity (Wildman–Crippen MR) is 84.2 cm³/mol. The van der Waals surface area contributed by atoms with Gasteiger partial charge in [0.15, 0.2) is 0 Å². The summed E-state index contributed by atoms with van der Waals surface area (Å²) in [5, 5.41) is 0. The second-order valence-electron chi connectivity index (χ2n) is 4.99. The van der Waals surface area contributed by atoms with E-state index in [1.54, 1.807) is 6.07 Å². The Bertz CT molecular complexity index is 597. The van der Waals surface area contributed by atoms with E-state index in [0.717, 1.165) is 11.3 Å². The number of nitrogens with one attached hydrogen (secondary N) is 1. The zero-order valence-electron chi connectivity index (χ0n) is 12.8. The Morgan fingerprint density at radius 1 is 1.33 bits per heavy atom. The van der Waals surface area contributed by atoms with Gasteiger partial charge in [-0.05, 0) is 37.1 Å². The molecule has 21 heavy (non-hydrogen) atoms. The molecular formula is C14H22N2O4S. The highest BCUT2D eigenvalue weighted by atomic mass is 32.2. The Hall–Kier alpha value is -1.76. The number of rotatable bonds is 7. The molecular weight excluding hydrogens is 292 g/mol. The molecule has 0 heterocycles. The molecule has 1 N–H and O–H groups in total. The maximum Gasteiger partial charge on any atom is 0.305 e. The summed E-state index contributed by atoms with van der Waals surface area (Å²) in [7, 11) is 1.66. The summed E-state index contributed by atoms with van der Waals surface area (Å²) in [6.07, 6.45) is 0.326. The van der Waals surface area contributed by atoms with Crippen LogP contribution in [0, 0.1) is 6.92 Å². The Labute approximate surface area is 126 Å². The number of aryl methyl sites for hydroxylation is 1. The summed E-state index contributed by atoms with van der Waals surface area (Å²) in [6, 6.07) is 5.49. The van der Waals surface area contributed by atoms with Crippen LogP contribution in [-0.4, -0.2) is 41.3 Å². The van der Waals surface area contributed by atoms with Crippen LogP contribution < -0.4 is 9.62 Å². The largest absolute Gasteiger partial charge is 0.469 e. The van der Waals surface area contributed by atoms with E-state index in [1.807, 2.05) is 38.1 Å². The van der Waals surface area contributed by atoms with Crippen molar-refractivity contribution in [1.82, 2.24) is 0 Å². The number of esters is 1. The molecule has 7 heteroatoms. The normalized spacial score (nSPS) is 11.0. The molecule has 0 bridgehead atoms. The third kappa shape index (κ3) is 5.63. The topological polar surface area (TPSA) is 75.7 Å². The van der Waals surface area contributed by atoms with Crippen molar-refractivity contribution < 1.29 is 17.9 Å². The van der Waals surface area contributed by atoms with Gasteiger partial charge in [-0.2, -0.15) is 0 Å². The Kier molecular flexibility index (Phi) is 6.02. The van der Waals surface area contributed by atoms with Gasteiger partial charge >= 0.3 is 5.97 Å². The maximum absolute atomic E-state index is 12.0. The van der Waals surface area contributed by atoms with Gasteiger partial charge in [0.2, 0.25) is 10.0 Å². The molecule has 118 valence electrons. The van der Waals surface area contributed by atoms with Gasteiger partial charge in [0.1, 0.15) is 0 Å². The fraction of sp³-hybridized carbons (Fsp3) is 0.500. The standard InChI is InChI=1S/C14H22N2O4S/c1-11-10-12(16(2)3)7-8-13(11)15-21(18,19)9-5-6-14(17)20-4/h7-8,10,15H,5-6,9H2,1-4H3. The number of anilines is 2. The van der Waals surface area contributed by atoms with Gasteiger partial charge in [-0.3, -0.25) is 9.52 Å². The minimum absolute atomic E-state index is 0.0932. The van der Waals surface area contributed by atoms with E-state index in [4.69, 9.17) is 0 Å². The molecule has 0 spiro atoms. The van der Waals surface area contributed by atoms with E-state index in [0.29, 0.717) is 5.69 Å². The molecule has 0 atom stereocenters. The summed E-state index contributed by atoms with van der Waals surface area (Å²) in [5.41, 5.74) is 2.40. The van der Waals surface area contributed by atoms with Crippen LogP contribution in [0.2, 0.25) is 0 Å². The Balaban J connectivity index is 2.69. The second kappa shape index (κ2) is 7.31. The third-order valence-corrected chi connectivity index (χ3v) is 4.37. The van der Waals surface area contributed by atoms with Gasteiger partial charge in [-0.15, -0.1) is 0 Å². The zero-order valence-corrected chi connectivity index (χ0v) is 13.7. The van der Waals surface area contributed by atoms with Crippen LogP contribution in [0.15, 0.2) is 18.2 Å². The van der Waals surface area contributed by atoms with Gasteiger partial charge in [0.05, 0.1) is 18.6 Å². The summed E-state index contributed by atoms with van der Waals surface area (Å²) < 4.78 is 31.0. The monoisotopic (exact) mass is 314 g/mol. The smallest absolute Gasteiger partial charge is 0.305 e. The first-order chi connectivity index (χ1) is 9.75. The first-order valence-corrected chi connectivity index (χ1v) is 8.25. The predicted octanol–water partition coefficient (Wildman–Crippen LogP) is 1.76. The van der Waals surface area contributed by atoms with Crippen LogP contribution in [0.1, 0.15) is 18.4 Å². The number of ether oxygens (including phenoxy) is 1. The highest BCUT2D eigenvalue weighted by Crippen LogP contribution is 2.22. The molecule has 6 nitrogen and oxygen atoms in total. The fourth-order valence-corrected chi connectivity index (χ4v) is 2.96. The number of benzene rings is 1. The summed E-state index contributed by atoms with van der Waals surface area (Å²) in [5.74, 6) is -0.520. The molecule has 0 aliphatic carbocycles. The number of carbonyl (C=O) groups excluding carboxylic acids is 1. The number of methoxy groups -OCH3 is 1. The molecule has 1 rings (SSSR count). The van der Waals surface area contributed by atoms with Crippen molar-refractivity contribution >= 4 is 27.4 Å². The summed E-state index contributed by atoms with van der Waals surface area (Å²) in [6.45, 7) is 1.85. The van der Waals surface area contributed by atoms with Gasteiger partial charge in [-0.1, -0.05) is 0 Å². The molecule has 0 saturated heterocycles. The maximum atomic E-state index is 12.0. The van der Waals surface area contributed by atoms with Crippen molar-refractivity contribution in [3.63, 3.8) is 0 Å². The molecule has 1 aromatic carbocycles. The first kappa shape index (κ1) is 17.3. The molecule has 0 fully saturated rings. The second-order valence-corrected chi connectivity index (χ2v) is 6.84. The summed E-state index contributed by atoms with van der Waals surface area (Å²) in [4.78, 5) is 12.9. The molecule has 1 aromatic rings. The van der Waals surface area contributed by atoms with Crippen LogP contribution in [0.3, 0.4) is 0 Å². The quantitative estimate of drug-likeness (QED) is 0.776. The number of carbonyl (C=O) groups is 1. The van der Waals surface area contributed by atoms with E-state index >= 15 is 0 Å². The minimum atomic E-state index is -3.47. The first-order valence-electron chi connectivity index (χ1n) is 6.60. The van der Waals surface area contributed by atoms with Gasteiger partial charge < -0.3 is 9.64 Å². The van der Waals surface area contributed by atoms with Crippen molar-refractivity contribution in [3.05, 3.63) is 23.8 Å². The number of sulfonamides is 1. The van der Waals surface area contributed by atoms with E-state index in [1.165, 1.54) is 7.11 Å². The summed E-state index contributed by atoms with van der Waals surface area (Å²) >= 11 is 0. The highest BCUT2D eigenvalue weighted by molar-refractivity contribution is 7.92. The molecule has 0 aliphatic rings. The third-order valence-electron chi connectivity index (χ3n) is 3.01. The van der Waals surface area contributed by atoms with Gasteiger partial charge in [0, 0.05) is 26.2 Å². The average Bonchev–Trinajstić information content (AvgIpc) is 2.40. The van der Waals surface area contributed by atoms with Gasteiger partial charge in [-0.25, -0.2) is 8.42 Å². The number of hydrogen-bond acceptors (Lipinski definition) is 5. The van der Waals surface area contributed by atoms with Gasteiger partial charge in [0.25, 0.3) is 0 Å². The number of hydrogen-bond donors (Lipinski definition) is 1. The van der Waals surface area contributed by atoms with Crippen LogP contribution >= 0.6 is 0 Å². The lowest BCUT2D eigenvalue weighted by molar-refractivity contribution is -0.140. The Morgan fingerprint density at radius 2 is 2.00 bits per heavy atom. The van der Waals surface area contributed by atoms with Crippen LogP contribution in [0.4, 0.5) is 11.4 Å². The minimum Gasteiger partial charge on any atom is -0.469 e. The van der Waals surface area contributed by atoms with Crippen molar-refractivity contribution in [1.29, 1.82) is 0 Å². The molecule has 0 aliphatic heterocycles. The Morgan fingerprint density at radius 3 is 2.52 bits per heavy atom. The van der Waals surface area contributed by atoms with E-state index in [-0.39, 0.29) is 18.6 Å². The average molecular weight is 314 g/mol. The van der Waals surface area contributed by atoms with Crippen molar-refractivity contribution in [2.75, 3.05) is 36.6 Å². The molecule has 0 unspecified atom stereocenters. The molecule has 0 aromatic heterocycles. The fourth-order valence-electron chi connectivity index (χ4n) is 1.77. The lowest BCUT2D eigenvalue weighted by atomic mass is 10.2. The lowest BCUT2D eigenvalue weighted by Gasteiger charge is -2.16. The van der Waals surface area contributed by atoms with Crippen molar-refractivity contribution in [3.8, 4) is 0 Å². The molecule has 0 amide bonds. The van der Waals surface area contributed by atoms with Crippen LogP contribution in [0.5, 0.6) is 0 Å². The van der Waals surface area contributed by atoms with E-state index in [9.17, 15) is 13.2 Å². The SMILES string of the molecule is COC(=O)CCCS(=O)(=O)Nc1ccc(N(C)C)cc1C. The highest BCUT2D eigenvalue weighted by Gasteiger charge is 2.13. The van der Waals surface area contributed by atoms with E-state index in [2.05, 4.69) is 9.46 Å².